The maximum absolute atomic E-state index is 10.1. The van der Waals surface area contributed by atoms with Gasteiger partial charge < -0.3 is 21.4 Å². The summed E-state index contributed by atoms with van der Waals surface area (Å²) >= 11 is 0. The van der Waals surface area contributed by atoms with Gasteiger partial charge in [-0.1, -0.05) is 0 Å². The van der Waals surface area contributed by atoms with Crippen molar-refractivity contribution in [3.05, 3.63) is 0 Å². The number of carboxylic acids is 2. The smallest absolute Gasteiger partial charge is 0.320 e. The lowest BCUT2D eigenvalue weighted by atomic mass is 10.1. The molecule has 6 heteroatoms. The average molecular weight is 179 g/mol. The minimum absolute atomic E-state index is 0. The molecule has 1 atom stereocenters. The zero-order valence-electron chi connectivity index (χ0n) is 6.49. The fourth-order valence-corrected chi connectivity index (χ4v) is 0.597. The molecule has 72 valence electrons. The molecule has 0 saturated carbocycles. The zero-order chi connectivity index (χ0) is 8.85. The quantitative estimate of drug-likeness (QED) is 0.489. The van der Waals surface area contributed by atoms with Gasteiger partial charge in [-0.3, -0.25) is 9.59 Å². The molecule has 0 spiro atoms. The number of hydrogen-bond donors (Lipinski definition) is 3. The van der Waals surface area contributed by atoms with Crippen molar-refractivity contribution < 1.29 is 25.3 Å². The molecule has 0 unspecified atom stereocenters. The SMILES string of the molecule is N[C@@H](CCCC(=O)O)C(=O)O.O. The summed E-state index contributed by atoms with van der Waals surface area (Å²) in [5, 5.41) is 16.5. The summed E-state index contributed by atoms with van der Waals surface area (Å²) in [6.45, 7) is 0. The fourth-order valence-electron chi connectivity index (χ4n) is 0.597. The highest BCUT2D eigenvalue weighted by Gasteiger charge is 2.10. The molecule has 12 heavy (non-hydrogen) atoms. The van der Waals surface area contributed by atoms with E-state index in [0.717, 1.165) is 0 Å². The summed E-state index contributed by atoms with van der Waals surface area (Å²) in [4.78, 5) is 20.1. The third-order valence-corrected chi connectivity index (χ3v) is 1.22. The topological polar surface area (TPSA) is 132 Å². The van der Waals surface area contributed by atoms with Gasteiger partial charge in [-0.25, -0.2) is 0 Å². The lowest BCUT2D eigenvalue weighted by Crippen LogP contribution is -2.29. The highest BCUT2D eigenvalue weighted by Crippen LogP contribution is 1.98. The summed E-state index contributed by atoms with van der Waals surface area (Å²) < 4.78 is 0. The normalized spacial score (nSPS) is 11.4. The van der Waals surface area contributed by atoms with Crippen LogP contribution in [0.15, 0.2) is 0 Å². The van der Waals surface area contributed by atoms with Crippen molar-refractivity contribution >= 4 is 11.9 Å². The van der Waals surface area contributed by atoms with E-state index in [1.807, 2.05) is 0 Å². The van der Waals surface area contributed by atoms with Gasteiger partial charge in [0.05, 0.1) is 0 Å². The standard InChI is InChI=1S/C6H11NO4.H2O/c7-4(6(10)11)2-1-3-5(8)9;/h4H,1-3,7H2,(H,8,9)(H,10,11);1H2/t4-;/m0./s1. The molecule has 0 aliphatic rings. The van der Waals surface area contributed by atoms with Crippen molar-refractivity contribution in [2.45, 2.75) is 25.3 Å². The van der Waals surface area contributed by atoms with E-state index in [0.29, 0.717) is 6.42 Å². The molecule has 0 rings (SSSR count). The summed E-state index contributed by atoms with van der Waals surface area (Å²) in [5.41, 5.74) is 5.11. The molecule has 0 aromatic carbocycles. The van der Waals surface area contributed by atoms with Gasteiger partial charge in [0.25, 0.3) is 0 Å². The van der Waals surface area contributed by atoms with Crippen LogP contribution in [0, 0.1) is 0 Å². The Morgan fingerprint density at radius 1 is 1.33 bits per heavy atom. The molecule has 0 amide bonds. The number of carbonyl (C=O) groups is 2. The minimum Gasteiger partial charge on any atom is -0.481 e. The number of aliphatic carboxylic acids is 2. The molecule has 0 radical (unpaired) electrons. The van der Waals surface area contributed by atoms with Crippen molar-refractivity contribution in [3.8, 4) is 0 Å². The summed E-state index contributed by atoms with van der Waals surface area (Å²) in [7, 11) is 0. The van der Waals surface area contributed by atoms with Crippen molar-refractivity contribution in [2.24, 2.45) is 5.73 Å². The monoisotopic (exact) mass is 179 g/mol. The second-order valence-corrected chi connectivity index (χ2v) is 2.23. The van der Waals surface area contributed by atoms with E-state index in [1.54, 1.807) is 0 Å². The molecule has 0 bridgehead atoms. The summed E-state index contributed by atoms with van der Waals surface area (Å²) in [5.74, 6) is -2.02. The fraction of sp³-hybridized carbons (Fsp3) is 0.667. The number of nitrogens with two attached hydrogens (primary N) is 1. The van der Waals surface area contributed by atoms with E-state index in [-0.39, 0.29) is 18.3 Å². The van der Waals surface area contributed by atoms with Gasteiger partial charge in [0, 0.05) is 6.42 Å². The van der Waals surface area contributed by atoms with Crippen LogP contribution in [0.1, 0.15) is 19.3 Å². The first kappa shape index (κ1) is 13.4. The van der Waals surface area contributed by atoms with Gasteiger partial charge in [-0.2, -0.15) is 0 Å². The maximum Gasteiger partial charge on any atom is 0.320 e. The Kier molecular flexibility index (Phi) is 7.36. The van der Waals surface area contributed by atoms with Crippen molar-refractivity contribution in [3.63, 3.8) is 0 Å². The Morgan fingerprint density at radius 3 is 2.17 bits per heavy atom. The van der Waals surface area contributed by atoms with Gasteiger partial charge in [0.2, 0.25) is 0 Å². The Balaban J connectivity index is 0. The van der Waals surface area contributed by atoms with Gasteiger partial charge in [-0.05, 0) is 12.8 Å². The van der Waals surface area contributed by atoms with E-state index >= 15 is 0 Å². The van der Waals surface area contributed by atoms with E-state index in [2.05, 4.69) is 0 Å². The van der Waals surface area contributed by atoms with Crippen molar-refractivity contribution in [1.29, 1.82) is 0 Å². The van der Waals surface area contributed by atoms with Crippen LogP contribution in [0.25, 0.3) is 0 Å². The molecule has 0 fully saturated rings. The zero-order valence-corrected chi connectivity index (χ0v) is 6.49. The predicted octanol–water partition coefficient (Wildman–Crippen LogP) is -1.17. The first-order valence-corrected chi connectivity index (χ1v) is 3.24. The van der Waals surface area contributed by atoms with E-state index < -0.39 is 18.0 Å². The van der Waals surface area contributed by atoms with E-state index in [9.17, 15) is 9.59 Å². The molecule has 0 saturated heterocycles. The third kappa shape index (κ3) is 6.97. The second-order valence-electron chi connectivity index (χ2n) is 2.23. The first-order valence-electron chi connectivity index (χ1n) is 3.24. The van der Waals surface area contributed by atoms with Crippen molar-refractivity contribution in [2.75, 3.05) is 0 Å². The summed E-state index contributed by atoms with van der Waals surface area (Å²) in [6, 6.07) is -0.936. The maximum atomic E-state index is 10.1. The average Bonchev–Trinajstić information content (AvgIpc) is 1.86. The molecule has 6 nitrogen and oxygen atoms in total. The third-order valence-electron chi connectivity index (χ3n) is 1.22. The number of hydrogen-bond acceptors (Lipinski definition) is 3. The van der Waals surface area contributed by atoms with Gasteiger partial charge in [0.1, 0.15) is 6.04 Å². The van der Waals surface area contributed by atoms with E-state index in [4.69, 9.17) is 15.9 Å². The van der Waals surface area contributed by atoms with E-state index in [1.165, 1.54) is 0 Å². The highest BCUT2D eigenvalue weighted by atomic mass is 16.4. The molecule has 0 aliphatic heterocycles. The lowest BCUT2D eigenvalue weighted by Gasteiger charge is -2.02. The molecule has 6 N–H and O–H groups in total. The molecule has 0 aliphatic carbocycles. The van der Waals surface area contributed by atoms with Crippen LogP contribution < -0.4 is 5.73 Å². The molecular formula is C6H13NO5. The molecule has 0 heterocycles. The molecular weight excluding hydrogens is 166 g/mol. The second kappa shape index (κ2) is 6.56. The van der Waals surface area contributed by atoms with Crippen LogP contribution in [-0.4, -0.2) is 33.7 Å². The van der Waals surface area contributed by atoms with Gasteiger partial charge in [0.15, 0.2) is 0 Å². The van der Waals surface area contributed by atoms with Crippen LogP contribution in [-0.2, 0) is 9.59 Å². The minimum atomic E-state index is -1.09. The first-order chi connectivity index (χ1) is 5.04. The van der Waals surface area contributed by atoms with Crippen LogP contribution >= 0.6 is 0 Å². The lowest BCUT2D eigenvalue weighted by molar-refractivity contribution is -0.140. The Morgan fingerprint density at radius 2 is 1.83 bits per heavy atom. The Labute approximate surface area is 69.3 Å². The van der Waals surface area contributed by atoms with Crippen LogP contribution in [0.3, 0.4) is 0 Å². The van der Waals surface area contributed by atoms with Crippen molar-refractivity contribution in [1.82, 2.24) is 0 Å². The largest absolute Gasteiger partial charge is 0.481 e. The number of rotatable bonds is 5. The highest BCUT2D eigenvalue weighted by molar-refractivity contribution is 5.73. The predicted molar refractivity (Wildman–Crippen MR) is 40.7 cm³/mol. The summed E-state index contributed by atoms with van der Waals surface area (Å²) in [6.07, 6.45) is 0.491. The van der Waals surface area contributed by atoms with Gasteiger partial charge in [-0.15, -0.1) is 0 Å². The number of carboxylic acid groups (broad SMARTS) is 2. The van der Waals surface area contributed by atoms with Crippen LogP contribution in [0.5, 0.6) is 0 Å². The Hall–Kier alpha value is -1.14. The van der Waals surface area contributed by atoms with Gasteiger partial charge >= 0.3 is 11.9 Å². The molecule has 0 aromatic rings. The van der Waals surface area contributed by atoms with Crippen LogP contribution in [0.2, 0.25) is 0 Å². The Bertz CT molecular complexity index is 158. The molecule has 0 aromatic heterocycles. The van der Waals surface area contributed by atoms with Crippen LogP contribution in [0.4, 0.5) is 0 Å².